The minimum Gasteiger partial charge on any atom is -0.389 e. The highest BCUT2D eigenvalue weighted by atomic mass is 16.5. The lowest BCUT2D eigenvalue weighted by Gasteiger charge is -2.10. The summed E-state index contributed by atoms with van der Waals surface area (Å²) in [6.07, 6.45) is -0.528. The smallest absolute Gasteiger partial charge is 0.248 e. The highest BCUT2D eigenvalue weighted by Crippen LogP contribution is 2.04. The van der Waals surface area contributed by atoms with Crippen molar-refractivity contribution in [2.45, 2.75) is 12.6 Å². The number of hydrogen-bond donors (Lipinski definition) is 3. The Morgan fingerprint density at radius 2 is 2.35 bits per heavy atom. The van der Waals surface area contributed by atoms with Gasteiger partial charge in [0, 0.05) is 25.8 Å². The molecule has 1 amide bonds. The first-order valence-corrected chi connectivity index (χ1v) is 5.40. The van der Waals surface area contributed by atoms with Crippen molar-refractivity contribution in [2.24, 2.45) is 5.73 Å². The average molecular weight is 238 g/mol. The van der Waals surface area contributed by atoms with Crippen LogP contribution in [0, 0.1) is 0 Å². The number of primary amides is 1. The summed E-state index contributed by atoms with van der Waals surface area (Å²) in [7, 11) is 1.54. The highest BCUT2D eigenvalue weighted by Gasteiger charge is 2.04. The lowest BCUT2D eigenvalue weighted by Crippen LogP contribution is -2.29. The molecule has 0 aliphatic carbocycles. The Hall–Kier alpha value is -1.43. The maximum atomic E-state index is 11.0. The molecule has 0 bridgehead atoms. The van der Waals surface area contributed by atoms with Gasteiger partial charge in [0.15, 0.2) is 0 Å². The van der Waals surface area contributed by atoms with Crippen molar-refractivity contribution >= 4 is 5.91 Å². The second-order valence-corrected chi connectivity index (χ2v) is 3.80. The molecule has 1 rings (SSSR count). The van der Waals surface area contributed by atoms with E-state index in [2.05, 4.69) is 5.32 Å². The van der Waals surface area contributed by atoms with Crippen LogP contribution in [0.4, 0.5) is 0 Å². The van der Waals surface area contributed by atoms with Gasteiger partial charge < -0.3 is 20.9 Å². The molecule has 5 nitrogen and oxygen atoms in total. The van der Waals surface area contributed by atoms with Crippen LogP contribution in [0.3, 0.4) is 0 Å². The Balaban J connectivity index is 2.41. The molecule has 0 heterocycles. The molecule has 0 spiro atoms. The summed E-state index contributed by atoms with van der Waals surface area (Å²) in [5.41, 5.74) is 6.62. The number of carbonyl (C=O) groups excluding carboxylic acids is 1. The molecule has 0 aromatic heterocycles. The molecule has 1 aromatic rings. The Bertz CT molecular complexity index is 369. The number of aliphatic hydroxyl groups excluding tert-OH is 1. The lowest BCUT2D eigenvalue weighted by molar-refractivity contribution is 0.0644. The molecule has 1 unspecified atom stereocenters. The fourth-order valence-corrected chi connectivity index (χ4v) is 1.47. The predicted octanol–water partition coefficient (Wildman–Crippen LogP) is -0.118. The number of carbonyl (C=O) groups is 1. The number of benzene rings is 1. The monoisotopic (exact) mass is 238 g/mol. The summed E-state index contributed by atoms with van der Waals surface area (Å²) in [6, 6.07) is 7.08. The molecule has 1 aromatic carbocycles. The maximum absolute atomic E-state index is 11.0. The Kier molecular flexibility index (Phi) is 5.62. The number of aliphatic hydroxyl groups is 1. The second-order valence-electron chi connectivity index (χ2n) is 3.80. The fraction of sp³-hybridized carbons (Fsp3) is 0.417. The topological polar surface area (TPSA) is 84.6 Å². The van der Waals surface area contributed by atoms with Crippen molar-refractivity contribution in [3.8, 4) is 0 Å². The molecule has 0 fully saturated rings. The van der Waals surface area contributed by atoms with Gasteiger partial charge in [-0.25, -0.2) is 0 Å². The van der Waals surface area contributed by atoms with Gasteiger partial charge in [0.05, 0.1) is 12.7 Å². The van der Waals surface area contributed by atoms with Gasteiger partial charge in [0.1, 0.15) is 0 Å². The van der Waals surface area contributed by atoms with E-state index in [9.17, 15) is 9.90 Å². The number of ether oxygens (including phenoxy) is 1. The van der Waals surface area contributed by atoms with Gasteiger partial charge in [-0.3, -0.25) is 4.79 Å². The second kappa shape index (κ2) is 7.01. The highest BCUT2D eigenvalue weighted by molar-refractivity contribution is 5.92. The summed E-state index contributed by atoms with van der Waals surface area (Å²) in [4.78, 5) is 11.0. The summed E-state index contributed by atoms with van der Waals surface area (Å²) >= 11 is 0. The van der Waals surface area contributed by atoms with E-state index in [1.54, 1.807) is 25.3 Å². The molecule has 4 N–H and O–H groups in total. The van der Waals surface area contributed by atoms with Crippen LogP contribution in [0.2, 0.25) is 0 Å². The number of nitrogens with one attached hydrogen (secondary N) is 1. The van der Waals surface area contributed by atoms with Gasteiger partial charge in [-0.2, -0.15) is 0 Å². The first-order chi connectivity index (χ1) is 8.13. The molecule has 0 saturated carbocycles. The summed E-state index contributed by atoms with van der Waals surface area (Å²) < 4.78 is 4.81. The number of amides is 1. The van der Waals surface area contributed by atoms with Crippen LogP contribution in [0.1, 0.15) is 15.9 Å². The third-order valence-electron chi connectivity index (χ3n) is 2.28. The van der Waals surface area contributed by atoms with E-state index in [1.165, 1.54) is 0 Å². The molecular weight excluding hydrogens is 220 g/mol. The third-order valence-corrected chi connectivity index (χ3v) is 2.28. The number of rotatable bonds is 7. The largest absolute Gasteiger partial charge is 0.389 e. The van der Waals surface area contributed by atoms with Gasteiger partial charge in [-0.05, 0) is 17.7 Å². The maximum Gasteiger partial charge on any atom is 0.248 e. The zero-order valence-corrected chi connectivity index (χ0v) is 9.85. The molecule has 0 aliphatic rings. The molecule has 0 saturated heterocycles. The van der Waals surface area contributed by atoms with Gasteiger partial charge in [-0.15, -0.1) is 0 Å². The van der Waals surface area contributed by atoms with E-state index in [0.717, 1.165) is 5.56 Å². The van der Waals surface area contributed by atoms with Crippen molar-refractivity contribution in [1.82, 2.24) is 5.32 Å². The van der Waals surface area contributed by atoms with Crippen LogP contribution in [0.5, 0.6) is 0 Å². The summed E-state index contributed by atoms with van der Waals surface area (Å²) in [5, 5.41) is 12.5. The molecule has 17 heavy (non-hydrogen) atoms. The molecule has 94 valence electrons. The van der Waals surface area contributed by atoms with Crippen molar-refractivity contribution in [3.63, 3.8) is 0 Å². The van der Waals surface area contributed by atoms with Gasteiger partial charge in [-0.1, -0.05) is 12.1 Å². The zero-order chi connectivity index (χ0) is 12.7. The molecule has 0 radical (unpaired) electrons. The van der Waals surface area contributed by atoms with E-state index in [0.29, 0.717) is 25.3 Å². The first-order valence-electron chi connectivity index (χ1n) is 5.40. The van der Waals surface area contributed by atoms with Crippen LogP contribution >= 0.6 is 0 Å². The SMILES string of the molecule is COCC(O)CNCc1cccc(C(N)=O)c1. The van der Waals surface area contributed by atoms with Crippen LogP contribution in [0.15, 0.2) is 24.3 Å². The van der Waals surface area contributed by atoms with Crippen molar-refractivity contribution in [3.05, 3.63) is 35.4 Å². The Morgan fingerprint density at radius 1 is 1.59 bits per heavy atom. The quantitative estimate of drug-likeness (QED) is 0.618. The average Bonchev–Trinajstić information content (AvgIpc) is 2.30. The predicted molar refractivity (Wildman–Crippen MR) is 64.5 cm³/mol. The molecular formula is C12H18N2O3. The fourth-order valence-electron chi connectivity index (χ4n) is 1.47. The molecule has 0 aliphatic heterocycles. The Labute approximate surface area is 101 Å². The van der Waals surface area contributed by atoms with E-state index in [1.807, 2.05) is 6.07 Å². The van der Waals surface area contributed by atoms with E-state index < -0.39 is 12.0 Å². The Morgan fingerprint density at radius 3 is 3.00 bits per heavy atom. The van der Waals surface area contributed by atoms with E-state index in [4.69, 9.17) is 10.5 Å². The normalized spacial score (nSPS) is 12.4. The molecule has 5 heteroatoms. The number of hydrogen-bond acceptors (Lipinski definition) is 4. The zero-order valence-electron chi connectivity index (χ0n) is 9.85. The van der Waals surface area contributed by atoms with E-state index in [-0.39, 0.29) is 0 Å². The van der Waals surface area contributed by atoms with Crippen molar-refractivity contribution in [2.75, 3.05) is 20.3 Å². The van der Waals surface area contributed by atoms with Crippen molar-refractivity contribution in [1.29, 1.82) is 0 Å². The lowest BCUT2D eigenvalue weighted by atomic mass is 10.1. The van der Waals surface area contributed by atoms with Crippen LogP contribution in [0.25, 0.3) is 0 Å². The minimum absolute atomic E-state index is 0.300. The van der Waals surface area contributed by atoms with Crippen LogP contribution in [-0.2, 0) is 11.3 Å². The van der Waals surface area contributed by atoms with Crippen LogP contribution < -0.4 is 11.1 Å². The van der Waals surface area contributed by atoms with Gasteiger partial charge in [0.2, 0.25) is 5.91 Å². The van der Waals surface area contributed by atoms with Gasteiger partial charge in [0.25, 0.3) is 0 Å². The first kappa shape index (κ1) is 13.6. The van der Waals surface area contributed by atoms with Gasteiger partial charge >= 0.3 is 0 Å². The molecule has 1 atom stereocenters. The standard InChI is InChI=1S/C12H18N2O3/c1-17-8-11(15)7-14-6-9-3-2-4-10(5-9)12(13)16/h2-5,11,14-15H,6-8H2,1H3,(H2,13,16). The van der Waals surface area contributed by atoms with Crippen LogP contribution in [-0.4, -0.2) is 37.4 Å². The summed E-state index contributed by atoms with van der Waals surface area (Å²) in [6.45, 7) is 1.31. The minimum atomic E-state index is -0.528. The number of nitrogens with two attached hydrogens (primary N) is 1. The van der Waals surface area contributed by atoms with E-state index >= 15 is 0 Å². The van der Waals surface area contributed by atoms with Crippen molar-refractivity contribution < 1.29 is 14.6 Å². The summed E-state index contributed by atoms with van der Waals surface area (Å²) in [5.74, 6) is -0.439. The third kappa shape index (κ3) is 4.95. The number of methoxy groups -OCH3 is 1.